The Morgan fingerprint density at radius 2 is 1.82 bits per heavy atom. The molecule has 0 saturated heterocycles. The zero-order chi connectivity index (χ0) is 23.6. The van der Waals surface area contributed by atoms with Crippen LogP contribution in [0.1, 0.15) is 22.3 Å². The molecule has 0 aliphatic carbocycles. The zero-order valence-corrected chi connectivity index (χ0v) is 17.9. The van der Waals surface area contributed by atoms with Crippen molar-refractivity contribution in [2.24, 2.45) is 0 Å². The van der Waals surface area contributed by atoms with Crippen molar-refractivity contribution < 1.29 is 22.7 Å². The Kier molecular flexibility index (Phi) is 5.95. The van der Waals surface area contributed by atoms with Crippen molar-refractivity contribution in [3.63, 3.8) is 0 Å². The van der Waals surface area contributed by atoms with Gasteiger partial charge in [-0.25, -0.2) is 4.79 Å². The topological polar surface area (TPSA) is 79.0 Å². The maximum absolute atomic E-state index is 13.2. The first-order chi connectivity index (χ1) is 15.7. The normalized spacial score (nSPS) is 11.4. The molecule has 3 aromatic carbocycles. The number of aromatic nitrogens is 2. The number of aromatic amines is 1. The molecule has 4 rings (SSSR count). The lowest BCUT2D eigenvalue weighted by Gasteiger charge is -2.13. The van der Waals surface area contributed by atoms with Gasteiger partial charge in [-0.05, 0) is 49.7 Å². The Morgan fingerprint density at radius 3 is 2.58 bits per heavy atom. The van der Waals surface area contributed by atoms with Crippen molar-refractivity contribution in [3.05, 3.63) is 82.9 Å². The Bertz CT molecular complexity index is 1310. The number of carbonyl (C=O) groups is 1. The zero-order valence-electron chi connectivity index (χ0n) is 17.9. The maximum atomic E-state index is 13.2. The van der Waals surface area contributed by atoms with E-state index in [0.717, 1.165) is 17.2 Å². The fraction of sp³-hybridized carbons (Fsp3) is 0.167. The van der Waals surface area contributed by atoms with Crippen LogP contribution in [-0.4, -0.2) is 16.2 Å². The van der Waals surface area contributed by atoms with Gasteiger partial charge in [0.25, 0.3) is 0 Å². The fourth-order valence-electron chi connectivity index (χ4n) is 3.48. The second kappa shape index (κ2) is 8.85. The van der Waals surface area contributed by atoms with E-state index in [-0.39, 0.29) is 18.0 Å². The average Bonchev–Trinajstić information content (AvgIpc) is 3.16. The summed E-state index contributed by atoms with van der Waals surface area (Å²) < 4.78 is 45.2. The molecule has 2 amide bonds. The Labute approximate surface area is 187 Å². The predicted molar refractivity (Wildman–Crippen MR) is 120 cm³/mol. The van der Waals surface area contributed by atoms with E-state index in [2.05, 4.69) is 20.8 Å². The Morgan fingerprint density at radius 1 is 1.03 bits per heavy atom. The van der Waals surface area contributed by atoms with Crippen molar-refractivity contribution >= 4 is 28.4 Å². The van der Waals surface area contributed by atoms with Gasteiger partial charge in [-0.15, -0.1) is 0 Å². The number of urea groups is 1. The van der Waals surface area contributed by atoms with Gasteiger partial charge < -0.3 is 10.1 Å². The molecule has 0 spiro atoms. The van der Waals surface area contributed by atoms with Crippen LogP contribution in [0.2, 0.25) is 0 Å². The lowest BCUT2D eigenvalue weighted by atomic mass is 10.1. The third-order valence-corrected chi connectivity index (χ3v) is 5.11. The van der Waals surface area contributed by atoms with Gasteiger partial charge in [-0.2, -0.15) is 18.3 Å². The first-order valence-electron chi connectivity index (χ1n) is 10.1. The van der Waals surface area contributed by atoms with Crippen LogP contribution in [0.3, 0.4) is 0 Å². The first kappa shape index (κ1) is 22.2. The fourth-order valence-corrected chi connectivity index (χ4v) is 3.48. The lowest BCUT2D eigenvalue weighted by molar-refractivity contribution is -0.138. The van der Waals surface area contributed by atoms with Crippen molar-refractivity contribution in [1.29, 1.82) is 0 Å². The number of alkyl halides is 3. The summed E-state index contributed by atoms with van der Waals surface area (Å²) in [4.78, 5) is 12.5. The number of halogens is 3. The number of amides is 2. The highest BCUT2D eigenvalue weighted by Crippen LogP contribution is 2.33. The van der Waals surface area contributed by atoms with Gasteiger partial charge in [0.1, 0.15) is 12.4 Å². The Balaban J connectivity index is 1.49. The van der Waals surface area contributed by atoms with Crippen LogP contribution in [0.15, 0.2) is 60.7 Å². The summed E-state index contributed by atoms with van der Waals surface area (Å²) in [5.41, 5.74) is 2.61. The lowest BCUT2D eigenvalue weighted by Crippen LogP contribution is -2.20. The van der Waals surface area contributed by atoms with E-state index in [1.807, 2.05) is 32.0 Å². The van der Waals surface area contributed by atoms with E-state index in [4.69, 9.17) is 4.74 Å². The predicted octanol–water partition coefficient (Wildman–Crippen LogP) is 6.42. The van der Waals surface area contributed by atoms with Crippen LogP contribution in [0.25, 0.3) is 10.9 Å². The van der Waals surface area contributed by atoms with Crippen molar-refractivity contribution in [1.82, 2.24) is 10.2 Å². The minimum atomic E-state index is -4.46. The molecular formula is C24H21F3N4O2. The summed E-state index contributed by atoms with van der Waals surface area (Å²) in [5.74, 6) is 0.618. The molecule has 0 saturated carbocycles. The van der Waals surface area contributed by atoms with E-state index in [0.29, 0.717) is 22.3 Å². The number of benzene rings is 3. The molecular weight excluding hydrogens is 433 g/mol. The summed E-state index contributed by atoms with van der Waals surface area (Å²) in [6.07, 6.45) is -4.46. The number of ether oxygens (including phenoxy) is 1. The SMILES string of the molecule is Cc1ccc(NC(=O)Nc2n[nH]c3ccc(OCc4ccccc4C(F)(F)F)cc23)c(C)c1. The van der Waals surface area contributed by atoms with Gasteiger partial charge in [-0.3, -0.25) is 10.4 Å². The van der Waals surface area contributed by atoms with E-state index in [1.54, 1.807) is 18.2 Å². The second-order valence-electron chi connectivity index (χ2n) is 7.62. The van der Waals surface area contributed by atoms with E-state index >= 15 is 0 Å². The highest BCUT2D eigenvalue weighted by molar-refractivity contribution is 6.05. The molecule has 9 heteroatoms. The number of H-pyrrole nitrogens is 1. The van der Waals surface area contributed by atoms with Crippen LogP contribution in [0, 0.1) is 13.8 Å². The molecule has 170 valence electrons. The van der Waals surface area contributed by atoms with E-state index in [1.165, 1.54) is 18.2 Å². The van der Waals surface area contributed by atoms with Crippen LogP contribution >= 0.6 is 0 Å². The minimum Gasteiger partial charge on any atom is -0.489 e. The standard InChI is InChI=1S/C24H21F3N4O2/c1-14-7-9-20(15(2)11-14)28-23(32)29-22-18-12-17(8-10-21(18)30-31-22)33-13-16-5-3-4-6-19(16)24(25,26)27/h3-12H,13H2,1-2H3,(H3,28,29,30,31,32). The highest BCUT2D eigenvalue weighted by Gasteiger charge is 2.33. The minimum absolute atomic E-state index is 0.0310. The number of fused-ring (bicyclic) bond motifs is 1. The molecule has 33 heavy (non-hydrogen) atoms. The number of carbonyl (C=O) groups excluding carboxylic acids is 1. The van der Waals surface area contributed by atoms with E-state index in [9.17, 15) is 18.0 Å². The van der Waals surface area contributed by atoms with E-state index < -0.39 is 17.8 Å². The summed E-state index contributed by atoms with van der Waals surface area (Å²) >= 11 is 0. The highest BCUT2D eigenvalue weighted by atomic mass is 19.4. The molecule has 0 aliphatic heterocycles. The monoisotopic (exact) mass is 454 g/mol. The number of aryl methyl sites for hydroxylation is 2. The molecule has 1 aromatic heterocycles. The average molecular weight is 454 g/mol. The third kappa shape index (κ3) is 5.08. The third-order valence-electron chi connectivity index (χ3n) is 5.11. The smallest absolute Gasteiger partial charge is 0.416 e. The van der Waals surface area contributed by atoms with Gasteiger partial charge in [0.05, 0.1) is 11.1 Å². The molecule has 3 N–H and O–H groups in total. The molecule has 0 fully saturated rings. The molecule has 0 bridgehead atoms. The second-order valence-corrected chi connectivity index (χ2v) is 7.62. The molecule has 0 atom stereocenters. The molecule has 4 aromatic rings. The van der Waals surface area contributed by atoms with Gasteiger partial charge in [-0.1, -0.05) is 35.9 Å². The summed E-state index contributed by atoms with van der Waals surface area (Å²) in [5, 5.41) is 13.0. The molecule has 6 nitrogen and oxygen atoms in total. The van der Waals surface area contributed by atoms with Crippen LogP contribution in [-0.2, 0) is 12.8 Å². The largest absolute Gasteiger partial charge is 0.489 e. The van der Waals surface area contributed by atoms with Gasteiger partial charge in [0, 0.05) is 16.6 Å². The number of hydrogen-bond acceptors (Lipinski definition) is 3. The summed E-state index contributed by atoms with van der Waals surface area (Å²) in [7, 11) is 0. The number of anilines is 2. The van der Waals surface area contributed by atoms with Crippen molar-refractivity contribution in [2.45, 2.75) is 26.6 Å². The molecule has 0 radical (unpaired) electrons. The molecule has 1 heterocycles. The summed E-state index contributed by atoms with van der Waals surface area (Å²) in [6.45, 7) is 3.61. The van der Waals surface area contributed by atoms with Crippen LogP contribution in [0.5, 0.6) is 5.75 Å². The maximum Gasteiger partial charge on any atom is 0.416 e. The Hall–Kier alpha value is -4.01. The van der Waals surface area contributed by atoms with Gasteiger partial charge in [0.15, 0.2) is 5.82 Å². The van der Waals surface area contributed by atoms with Gasteiger partial charge >= 0.3 is 12.2 Å². The van der Waals surface area contributed by atoms with Gasteiger partial charge in [0.2, 0.25) is 0 Å². The number of nitrogens with zero attached hydrogens (tertiary/aromatic N) is 1. The number of rotatable bonds is 5. The molecule has 0 aliphatic rings. The quantitative estimate of drug-likeness (QED) is 0.326. The van der Waals surface area contributed by atoms with Crippen LogP contribution < -0.4 is 15.4 Å². The van der Waals surface area contributed by atoms with Crippen molar-refractivity contribution in [3.8, 4) is 5.75 Å². The number of nitrogens with one attached hydrogen (secondary N) is 3. The first-order valence-corrected chi connectivity index (χ1v) is 10.1. The number of hydrogen-bond donors (Lipinski definition) is 3. The van der Waals surface area contributed by atoms with Crippen molar-refractivity contribution in [2.75, 3.05) is 10.6 Å². The summed E-state index contributed by atoms with van der Waals surface area (Å²) in [6, 6.07) is 15.4. The molecule has 0 unspecified atom stereocenters. The van der Waals surface area contributed by atoms with Crippen LogP contribution in [0.4, 0.5) is 29.5 Å².